The Bertz CT molecular complexity index is 797. The molecular formula is C26H42N4O4. The molecule has 8 nitrogen and oxygen atoms in total. The molecule has 0 spiro atoms. The van der Waals surface area contributed by atoms with Crippen LogP contribution in [0.2, 0.25) is 0 Å². The minimum absolute atomic E-state index is 0.0106. The van der Waals surface area contributed by atoms with Crippen molar-refractivity contribution in [1.29, 1.82) is 0 Å². The van der Waals surface area contributed by atoms with Crippen molar-refractivity contribution in [2.75, 3.05) is 40.5 Å². The maximum Gasteiger partial charge on any atom is 0.249 e. The number of amides is 2. The normalized spacial score (nSPS) is 25.4. The number of benzene rings is 1. The molecule has 190 valence electrons. The van der Waals surface area contributed by atoms with E-state index >= 15 is 0 Å². The van der Waals surface area contributed by atoms with Gasteiger partial charge in [0.05, 0.1) is 6.61 Å². The van der Waals surface area contributed by atoms with Crippen LogP contribution >= 0.6 is 0 Å². The highest BCUT2D eigenvalue weighted by atomic mass is 16.5. The van der Waals surface area contributed by atoms with E-state index in [0.29, 0.717) is 19.6 Å². The van der Waals surface area contributed by atoms with E-state index in [-0.39, 0.29) is 36.5 Å². The van der Waals surface area contributed by atoms with Crippen LogP contribution in [0.3, 0.4) is 0 Å². The molecule has 1 aromatic rings. The largest absolute Gasteiger partial charge is 0.383 e. The lowest BCUT2D eigenvalue weighted by Gasteiger charge is -2.43. The van der Waals surface area contributed by atoms with Crippen molar-refractivity contribution in [3.05, 3.63) is 35.4 Å². The van der Waals surface area contributed by atoms with E-state index in [1.165, 1.54) is 18.2 Å². The SMILES string of the molecule is COCCN(Cc1ccccc1C)C1CCN(C(=O)COC)[C@@H](C(=O)NC2CCC(N)CC2)C1. The number of aryl methyl sites for hydroxylation is 1. The average molecular weight is 475 g/mol. The summed E-state index contributed by atoms with van der Waals surface area (Å²) in [5, 5.41) is 3.23. The zero-order chi connectivity index (χ0) is 24.5. The van der Waals surface area contributed by atoms with E-state index < -0.39 is 6.04 Å². The second-order valence-corrected chi connectivity index (χ2v) is 9.72. The van der Waals surface area contributed by atoms with Crippen LogP contribution < -0.4 is 11.1 Å². The summed E-state index contributed by atoms with van der Waals surface area (Å²) in [5.41, 5.74) is 8.56. The van der Waals surface area contributed by atoms with Crippen LogP contribution in [0, 0.1) is 6.92 Å². The summed E-state index contributed by atoms with van der Waals surface area (Å²) >= 11 is 0. The second-order valence-electron chi connectivity index (χ2n) is 9.72. The molecule has 1 aliphatic heterocycles. The van der Waals surface area contributed by atoms with Crippen LogP contribution in [-0.4, -0.2) is 86.3 Å². The monoisotopic (exact) mass is 474 g/mol. The third-order valence-electron chi connectivity index (χ3n) is 7.32. The highest BCUT2D eigenvalue weighted by Crippen LogP contribution is 2.26. The summed E-state index contributed by atoms with van der Waals surface area (Å²) in [6.45, 7) is 4.84. The van der Waals surface area contributed by atoms with Crippen molar-refractivity contribution < 1.29 is 19.1 Å². The van der Waals surface area contributed by atoms with E-state index in [4.69, 9.17) is 15.2 Å². The minimum Gasteiger partial charge on any atom is -0.383 e. The summed E-state index contributed by atoms with van der Waals surface area (Å²) in [6.07, 6.45) is 5.04. The van der Waals surface area contributed by atoms with Crippen molar-refractivity contribution in [3.8, 4) is 0 Å². The summed E-state index contributed by atoms with van der Waals surface area (Å²) < 4.78 is 10.5. The number of rotatable bonds is 10. The molecule has 1 aliphatic carbocycles. The fraction of sp³-hybridized carbons (Fsp3) is 0.692. The molecule has 1 saturated carbocycles. The maximum absolute atomic E-state index is 13.4. The van der Waals surface area contributed by atoms with Crippen molar-refractivity contribution in [1.82, 2.24) is 15.1 Å². The van der Waals surface area contributed by atoms with Gasteiger partial charge in [-0.05, 0) is 56.6 Å². The molecular weight excluding hydrogens is 432 g/mol. The predicted molar refractivity (Wildman–Crippen MR) is 132 cm³/mol. The van der Waals surface area contributed by atoms with Gasteiger partial charge >= 0.3 is 0 Å². The third kappa shape index (κ3) is 7.25. The first-order valence-corrected chi connectivity index (χ1v) is 12.5. The Hall–Kier alpha value is -2.00. The van der Waals surface area contributed by atoms with Gasteiger partial charge in [0, 0.05) is 52.0 Å². The summed E-state index contributed by atoms with van der Waals surface area (Å²) in [7, 11) is 3.23. The van der Waals surface area contributed by atoms with Crippen molar-refractivity contribution in [2.24, 2.45) is 5.73 Å². The van der Waals surface area contributed by atoms with Gasteiger partial charge in [-0.25, -0.2) is 0 Å². The van der Waals surface area contributed by atoms with E-state index in [1.807, 2.05) is 0 Å². The molecule has 0 radical (unpaired) electrons. The zero-order valence-electron chi connectivity index (χ0n) is 21.0. The van der Waals surface area contributed by atoms with Gasteiger partial charge in [-0.1, -0.05) is 24.3 Å². The number of carbonyl (C=O) groups excluding carboxylic acids is 2. The van der Waals surface area contributed by atoms with Crippen molar-refractivity contribution >= 4 is 11.8 Å². The van der Waals surface area contributed by atoms with Gasteiger partial charge in [0.1, 0.15) is 12.6 Å². The van der Waals surface area contributed by atoms with Crippen LogP contribution in [0.1, 0.15) is 49.7 Å². The molecule has 34 heavy (non-hydrogen) atoms. The molecule has 0 aromatic heterocycles. The van der Waals surface area contributed by atoms with Crippen molar-refractivity contribution in [3.63, 3.8) is 0 Å². The topological polar surface area (TPSA) is 97.1 Å². The van der Waals surface area contributed by atoms with Gasteiger partial charge in [0.15, 0.2) is 0 Å². The fourth-order valence-corrected chi connectivity index (χ4v) is 5.20. The number of nitrogens with two attached hydrogens (primary N) is 1. The first kappa shape index (κ1) is 26.6. The molecule has 2 atom stereocenters. The molecule has 1 heterocycles. The Labute approximate surface area is 204 Å². The van der Waals surface area contributed by atoms with Gasteiger partial charge in [-0.3, -0.25) is 14.5 Å². The minimum atomic E-state index is -0.501. The molecule has 2 aliphatic rings. The van der Waals surface area contributed by atoms with Gasteiger partial charge < -0.3 is 25.4 Å². The van der Waals surface area contributed by atoms with Crippen molar-refractivity contribution in [2.45, 2.75) is 76.2 Å². The lowest BCUT2D eigenvalue weighted by atomic mass is 9.90. The van der Waals surface area contributed by atoms with Crippen LogP contribution in [0.5, 0.6) is 0 Å². The van der Waals surface area contributed by atoms with Crippen LogP contribution in [0.25, 0.3) is 0 Å². The second kappa shape index (κ2) is 13.2. The molecule has 0 bridgehead atoms. The molecule has 1 saturated heterocycles. The Morgan fingerprint density at radius 2 is 1.85 bits per heavy atom. The number of piperidine rings is 1. The number of nitrogens with one attached hydrogen (secondary N) is 1. The molecule has 2 amide bonds. The quantitative estimate of drug-likeness (QED) is 0.537. The average Bonchev–Trinajstić information content (AvgIpc) is 2.84. The fourth-order valence-electron chi connectivity index (χ4n) is 5.20. The predicted octanol–water partition coefficient (Wildman–Crippen LogP) is 1.84. The number of ether oxygens (including phenoxy) is 2. The van der Waals surface area contributed by atoms with Gasteiger partial charge in [0.2, 0.25) is 11.8 Å². The Balaban J connectivity index is 1.75. The maximum atomic E-state index is 13.4. The highest BCUT2D eigenvalue weighted by Gasteiger charge is 2.39. The van der Waals surface area contributed by atoms with Crippen LogP contribution in [-0.2, 0) is 25.6 Å². The number of hydrogen-bond acceptors (Lipinski definition) is 6. The summed E-state index contributed by atoms with van der Waals surface area (Å²) in [5.74, 6) is -0.189. The highest BCUT2D eigenvalue weighted by molar-refractivity contribution is 5.88. The zero-order valence-corrected chi connectivity index (χ0v) is 21.0. The molecule has 3 rings (SSSR count). The van der Waals surface area contributed by atoms with Crippen LogP contribution in [0.4, 0.5) is 0 Å². The Morgan fingerprint density at radius 1 is 1.12 bits per heavy atom. The number of nitrogens with zero attached hydrogens (tertiary/aromatic N) is 2. The first-order chi connectivity index (χ1) is 16.4. The van der Waals surface area contributed by atoms with Gasteiger partial charge in [-0.15, -0.1) is 0 Å². The van der Waals surface area contributed by atoms with Gasteiger partial charge in [-0.2, -0.15) is 0 Å². The molecule has 1 aromatic carbocycles. The van der Waals surface area contributed by atoms with E-state index in [2.05, 4.69) is 41.4 Å². The number of hydrogen-bond donors (Lipinski definition) is 2. The number of carbonyl (C=O) groups is 2. The smallest absolute Gasteiger partial charge is 0.249 e. The van der Waals surface area contributed by atoms with Gasteiger partial charge in [0.25, 0.3) is 0 Å². The summed E-state index contributed by atoms with van der Waals surface area (Å²) in [4.78, 5) is 30.4. The molecule has 3 N–H and O–H groups in total. The molecule has 1 unspecified atom stereocenters. The number of methoxy groups -OCH3 is 2. The third-order valence-corrected chi connectivity index (χ3v) is 7.32. The first-order valence-electron chi connectivity index (χ1n) is 12.5. The molecule has 2 fully saturated rings. The van der Waals surface area contributed by atoms with E-state index in [1.54, 1.807) is 12.0 Å². The van der Waals surface area contributed by atoms with E-state index in [0.717, 1.165) is 45.2 Å². The Kier molecular flexibility index (Phi) is 10.3. The van der Waals surface area contributed by atoms with E-state index in [9.17, 15) is 9.59 Å². The lowest BCUT2D eigenvalue weighted by Crippen LogP contribution is -2.59. The Morgan fingerprint density at radius 3 is 2.53 bits per heavy atom. The standard InChI is InChI=1S/C26H42N4O4/c1-19-6-4-5-7-20(19)17-29(14-15-33-2)23-12-13-30(25(31)18-34-3)24(16-23)26(32)28-22-10-8-21(27)9-11-22/h4-7,21-24H,8-18,27H2,1-3H3,(H,28,32)/t21?,22?,23?,24-/m1/s1. The molecule has 8 heteroatoms. The van der Waals surface area contributed by atoms with Crippen LogP contribution in [0.15, 0.2) is 24.3 Å². The number of likely N-dealkylation sites (tertiary alicyclic amines) is 1. The lowest BCUT2D eigenvalue weighted by molar-refractivity contribution is -0.147. The summed E-state index contributed by atoms with van der Waals surface area (Å²) in [6, 6.07) is 8.43.